The van der Waals surface area contributed by atoms with Gasteiger partial charge in [-0.3, -0.25) is 4.98 Å². The Labute approximate surface area is 141 Å². The topological polar surface area (TPSA) is 69.6 Å². The third kappa shape index (κ3) is 5.82. The van der Waals surface area contributed by atoms with Gasteiger partial charge in [0.05, 0.1) is 0 Å². The molecule has 0 saturated carbocycles. The van der Waals surface area contributed by atoms with Crippen LogP contribution in [0.4, 0.5) is 0 Å². The summed E-state index contributed by atoms with van der Waals surface area (Å²) in [6.07, 6.45) is 1.70. The molecule has 8 heteroatoms. The van der Waals surface area contributed by atoms with Gasteiger partial charge in [0.15, 0.2) is 5.16 Å². The van der Waals surface area contributed by atoms with Gasteiger partial charge in [0.1, 0.15) is 5.82 Å². The van der Waals surface area contributed by atoms with Crippen molar-refractivity contribution < 1.29 is 0 Å². The Bertz CT molecular complexity index is 547. The fourth-order valence-electron chi connectivity index (χ4n) is 1.80. The average Bonchev–Trinajstić information content (AvgIpc) is 2.72. The zero-order valence-electron chi connectivity index (χ0n) is 12.2. The summed E-state index contributed by atoms with van der Waals surface area (Å²) in [4.78, 5) is 4.49. The van der Waals surface area contributed by atoms with E-state index in [9.17, 15) is 0 Å². The molecule has 0 saturated heterocycles. The van der Waals surface area contributed by atoms with E-state index in [1.54, 1.807) is 11.8 Å². The van der Waals surface area contributed by atoms with Crippen LogP contribution in [-0.2, 0) is 19.9 Å². The zero-order valence-corrected chi connectivity index (χ0v) is 14.6. The van der Waals surface area contributed by atoms with Crippen LogP contribution < -0.4 is 5.73 Å². The van der Waals surface area contributed by atoms with Crippen LogP contribution in [-0.4, -0.2) is 32.0 Å². The van der Waals surface area contributed by atoms with Gasteiger partial charge in [-0.2, -0.15) is 0 Å². The van der Waals surface area contributed by atoms with Crippen molar-refractivity contribution >= 4 is 36.6 Å². The van der Waals surface area contributed by atoms with Gasteiger partial charge in [-0.15, -0.1) is 35.0 Å². The van der Waals surface area contributed by atoms with E-state index in [1.165, 1.54) is 0 Å². The Balaban J connectivity index is 0.00000200. The number of nitrogens with zero attached hydrogens (tertiary/aromatic N) is 4. The van der Waals surface area contributed by atoms with Gasteiger partial charge in [-0.05, 0) is 32.0 Å². The average molecular weight is 350 g/mol. The van der Waals surface area contributed by atoms with E-state index in [2.05, 4.69) is 21.2 Å². The highest BCUT2D eigenvalue weighted by atomic mass is 35.5. The van der Waals surface area contributed by atoms with Gasteiger partial charge >= 0.3 is 0 Å². The Morgan fingerprint density at radius 1 is 1.19 bits per heavy atom. The molecule has 0 aliphatic rings. The third-order valence-corrected chi connectivity index (χ3v) is 3.85. The minimum atomic E-state index is 0. The first kappa shape index (κ1) is 20.2. The van der Waals surface area contributed by atoms with Crippen LogP contribution in [0.25, 0.3) is 0 Å². The first-order chi connectivity index (χ1) is 9.20. The molecular weight excluding hydrogens is 329 g/mol. The molecule has 0 amide bonds. The number of hydrogen-bond donors (Lipinski definition) is 1. The monoisotopic (exact) mass is 349 g/mol. The smallest absolute Gasteiger partial charge is 0.190 e. The standard InChI is InChI=1S/C13H19N5S.2ClH/c1-10-4-3-5-11(15-10)7-9-19-13-17-16-12(6-8-14)18(13)2;;/h3-5H,6-9,14H2,1-2H3;2*1H. The van der Waals surface area contributed by atoms with E-state index in [0.29, 0.717) is 6.54 Å². The Kier molecular flexibility index (Phi) is 9.61. The molecule has 0 spiro atoms. The SMILES string of the molecule is Cc1cccc(CCSc2nnc(CCN)n2C)n1.Cl.Cl. The minimum absolute atomic E-state index is 0. The second-order valence-corrected chi connectivity index (χ2v) is 5.43. The molecule has 2 aromatic rings. The van der Waals surface area contributed by atoms with Crippen molar-refractivity contribution in [1.29, 1.82) is 0 Å². The van der Waals surface area contributed by atoms with Crippen LogP contribution in [0.15, 0.2) is 23.4 Å². The lowest BCUT2D eigenvalue weighted by Gasteiger charge is -2.03. The number of hydrogen-bond acceptors (Lipinski definition) is 5. The first-order valence-corrected chi connectivity index (χ1v) is 7.33. The van der Waals surface area contributed by atoms with E-state index < -0.39 is 0 Å². The Morgan fingerprint density at radius 2 is 1.95 bits per heavy atom. The predicted octanol–water partition coefficient (Wildman–Crippen LogP) is 2.20. The predicted molar refractivity (Wildman–Crippen MR) is 91.7 cm³/mol. The fourth-order valence-corrected chi connectivity index (χ4v) is 2.69. The van der Waals surface area contributed by atoms with E-state index in [1.807, 2.05) is 30.7 Å². The highest BCUT2D eigenvalue weighted by Crippen LogP contribution is 2.17. The lowest BCUT2D eigenvalue weighted by molar-refractivity contribution is 0.726. The first-order valence-electron chi connectivity index (χ1n) is 6.34. The highest BCUT2D eigenvalue weighted by Gasteiger charge is 2.08. The summed E-state index contributed by atoms with van der Waals surface area (Å²) in [5.74, 6) is 1.89. The largest absolute Gasteiger partial charge is 0.330 e. The maximum Gasteiger partial charge on any atom is 0.190 e. The van der Waals surface area contributed by atoms with Gasteiger partial charge in [0.25, 0.3) is 0 Å². The van der Waals surface area contributed by atoms with Crippen LogP contribution in [0.5, 0.6) is 0 Å². The van der Waals surface area contributed by atoms with Gasteiger partial charge < -0.3 is 10.3 Å². The normalized spacial score (nSPS) is 9.86. The van der Waals surface area contributed by atoms with Gasteiger partial charge in [0.2, 0.25) is 0 Å². The van der Waals surface area contributed by atoms with E-state index in [-0.39, 0.29) is 24.8 Å². The second kappa shape index (κ2) is 10.00. The van der Waals surface area contributed by atoms with Crippen LogP contribution in [0.2, 0.25) is 0 Å². The Morgan fingerprint density at radius 3 is 2.62 bits per heavy atom. The van der Waals surface area contributed by atoms with Crippen molar-refractivity contribution in [1.82, 2.24) is 19.7 Å². The van der Waals surface area contributed by atoms with Crippen LogP contribution >= 0.6 is 36.6 Å². The van der Waals surface area contributed by atoms with E-state index in [4.69, 9.17) is 5.73 Å². The zero-order chi connectivity index (χ0) is 13.7. The molecule has 0 aromatic carbocycles. The molecule has 118 valence electrons. The van der Waals surface area contributed by atoms with Crippen molar-refractivity contribution in [3.05, 3.63) is 35.4 Å². The summed E-state index contributed by atoms with van der Waals surface area (Å²) in [7, 11) is 1.98. The van der Waals surface area contributed by atoms with E-state index >= 15 is 0 Å². The van der Waals surface area contributed by atoms with Crippen molar-refractivity contribution in [2.24, 2.45) is 12.8 Å². The van der Waals surface area contributed by atoms with Gasteiger partial charge in [-0.1, -0.05) is 17.8 Å². The van der Waals surface area contributed by atoms with Crippen molar-refractivity contribution in [3.63, 3.8) is 0 Å². The molecule has 2 N–H and O–H groups in total. The molecule has 2 aromatic heterocycles. The molecule has 2 rings (SSSR count). The summed E-state index contributed by atoms with van der Waals surface area (Å²) < 4.78 is 2.02. The summed E-state index contributed by atoms with van der Waals surface area (Å²) in [6, 6.07) is 6.12. The van der Waals surface area contributed by atoms with Crippen molar-refractivity contribution in [2.45, 2.75) is 24.9 Å². The highest BCUT2D eigenvalue weighted by molar-refractivity contribution is 7.99. The van der Waals surface area contributed by atoms with Crippen molar-refractivity contribution in [3.8, 4) is 0 Å². The lowest BCUT2D eigenvalue weighted by Crippen LogP contribution is -2.08. The summed E-state index contributed by atoms with van der Waals surface area (Å²) in [5, 5.41) is 9.27. The third-order valence-electron chi connectivity index (χ3n) is 2.83. The molecule has 0 unspecified atom stereocenters. The number of aryl methyl sites for hydroxylation is 2. The molecule has 0 aliphatic carbocycles. The summed E-state index contributed by atoms with van der Waals surface area (Å²) >= 11 is 1.70. The van der Waals surface area contributed by atoms with Crippen molar-refractivity contribution in [2.75, 3.05) is 12.3 Å². The molecule has 21 heavy (non-hydrogen) atoms. The molecule has 0 fully saturated rings. The number of rotatable bonds is 6. The molecule has 0 atom stereocenters. The Hall–Kier alpha value is -0.820. The quantitative estimate of drug-likeness (QED) is 0.809. The second-order valence-electron chi connectivity index (χ2n) is 4.37. The number of aromatic nitrogens is 4. The number of halogens is 2. The number of pyridine rings is 1. The summed E-state index contributed by atoms with van der Waals surface area (Å²) in [5.41, 5.74) is 7.72. The molecule has 0 bridgehead atoms. The number of nitrogens with two attached hydrogens (primary N) is 1. The summed E-state index contributed by atoms with van der Waals surface area (Å²) in [6.45, 7) is 2.61. The molecular formula is C13H21Cl2N5S. The van der Waals surface area contributed by atoms with Crippen LogP contribution in [0.3, 0.4) is 0 Å². The fraction of sp³-hybridized carbons (Fsp3) is 0.462. The van der Waals surface area contributed by atoms with Gasteiger partial charge in [-0.25, -0.2) is 0 Å². The van der Waals surface area contributed by atoms with Gasteiger partial charge in [0, 0.05) is 30.6 Å². The maximum absolute atomic E-state index is 5.53. The molecule has 0 radical (unpaired) electrons. The van der Waals surface area contributed by atoms with E-state index in [0.717, 1.165) is 41.0 Å². The van der Waals surface area contributed by atoms with Crippen LogP contribution in [0.1, 0.15) is 17.2 Å². The molecule has 2 heterocycles. The molecule has 0 aliphatic heterocycles. The number of thioether (sulfide) groups is 1. The minimum Gasteiger partial charge on any atom is -0.330 e. The van der Waals surface area contributed by atoms with Crippen LogP contribution in [0, 0.1) is 6.92 Å². The maximum atomic E-state index is 5.53. The molecule has 5 nitrogen and oxygen atoms in total. The lowest BCUT2D eigenvalue weighted by atomic mass is 10.3.